The van der Waals surface area contributed by atoms with E-state index in [0.717, 1.165) is 28.9 Å². The molecule has 1 saturated carbocycles. The number of carboxylic acids is 1. The van der Waals surface area contributed by atoms with Crippen molar-refractivity contribution in [1.82, 2.24) is 9.88 Å². The number of amides is 2. The lowest BCUT2D eigenvalue weighted by molar-refractivity contribution is -0.149. The molecular weight excluding hydrogens is 696 g/mol. The molecule has 12 heteroatoms. The molecule has 4 aromatic rings. The van der Waals surface area contributed by atoms with Crippen molar-refractivity contribution in [3.8, 4) is 11.5 Å². The Balaban J connectivity index is 1.12. The number of carbonyl (C=O) groups excluding carboxylic acids is 2. The topological polar surface area (TPSA) is 126 Å². The van der Waals surface area contributed by atoms with E-state index < -0.39 is 17.0 Å². The molecule has 1 aliphatic carbocycles. The number of aliphatic carboxylic acids is 1. The zero-order chi connectivity index (χ0) is 38.1. The molecule has 2 amide bonds. The predicted molar refractivity (Wildman–Crippen MR) is 206 cm³/mol. The minimum Gasteiger partial charge on any atom is -0.481 e. The molecule has 11 nitrogen and oxygen atoms in total. The number of likely N-dealkylation sites (N-methyl/N-ethyl adjacent to an activating group) is 1. The number of carboxylic acid groups (broad SMARTS) is 1. The molecule has 1 fully saturated rings. The molecule has 1 N–H and O–H groups in total. The first-order valence-electron chi connectivity index (χ1n) is 18.0. The number of benzene rings is 2. The third-order valence-corrected chi connectivity index (χ3v) is 10.4. The van der Waals surface area contributed by atoms with Gasteiger partial charge in [-0.1, -0.05) is 23.7 Å². The van der Waals surface area contributed by atoms with E-state index in [9.17, 15) is 19.5 Å². The van der Waals surface area contributed by atoms with Crippen LogP contribution >= 0.6 is 11.6 Å². The number of aryl methyl sites for hydroxylation is 1. The standard InChI is InChI=1S/C41H47ClN4O7/c1-26-28-23-36(53-34-15-18-43-25-29(34)38(48)46-21-20-45(27-11-12-27)31-9-7-8-10-32(31)46)30(42)24-35(28)52-33(26)13-14-37(47)44(6)19-16-41(4,5)51-22-17-40(2,3)39(49)50/h7-10,13-15,18,23-25,27H,11-12,16-17,19-22H2,1-6H3,(H,49,50). The Bertz CT molecular complexity index is 2050. The summed E-state index contributed by atoms with van der Waals surface area (Å²) in [7, 11) is 1.72. The molecule has 1 aliphatic heterocycles. The largest absolute Gasteiger partial charge is 0.481 e. The van der Waals surface area contributed by atoms with E-state index >= 15 is 0 Å². The van der Waals surface area contributed by atoms with Crippen molar-refractivity contribution in [3.05, 3.63) is 82.8 Å². The minimum atomic E-state index is -0.870. The number of carbonyl (C=O) groups is 3. The van der Waals surface area contributed by atoms with Gasteiger partial charge in [0, 0.05) is 74.8 Å². The maximum Gasteiger partial charge on any atom is 0.309 e. The number of rotatable bonds is 14. The summed E-state index contributed by atoms with van der Waals surface area (Å²) in [6.07, 6.45) is 9.50. The van der Waals surface area contributed by atoms with Gasteiger partial charge in [0.1, 0.15) is 28.4 Å². The van der Waals surface area contributed by atoms with Crippen LogP contribution in [0.5, 0.6) is 11.5 Å². The second-order valence-corrected chi connectivity index (χ2v) is 15.5. The first-order valence-corrected chi connectivity index (χ1v) is 18.4. The monoisotopic (exact) mass is 742 g/mol. The minimum absolute atomic E-state index is 0.203. The van der Waals surface area contributed by atoms with Crippen LogP contribution in [-0.4, -0.2) is 77.7 Å². The summed E-state index contributed by atoms with van der Waals surface area (Å²) >= 11 is 6.71. The van der Waals surface area contributed by atoms with Gasteiger partial charge in [0.05, 0.1) is 27.4 Å². The van der Waals surface area contributed by atoms with Gasteiger partial charge in [-0.15, -0.1) is 0 Å². The van der Waals surface area contributed by atoms with Crippen LogP contribution in [0.4, 0.5) is 11.4 Å². The van der Waals surface area contributed by atoms with Crippen molar-refractivity contribution in [2.24, 2.45) is 5.41 Å². The number of ether oxygens (including phenoxy) is 2. The highest BCUT2D eigenvalue weighted by Crippen LogP contribution is 2.42. The van der Waals surface area contributed by atoms with Crippen molar-refractivity contribution < 1.29 is 33.4 Å². The van der Waals surface area contributed by atoms with E-state index in [1.54, 1.807) is 61.2 Å². The van der Waals surface area contributed by atoms with Crippen molar-refractivity contribution in [2.75, 3.05) is 43.1 Å². The SMILES string of the molecule is Cc1c(C=CC(=O)N(C)CCC(C)(C)OCCC(C)(C)C(=O)O)oc2cc(Cl)c(Oc3ccncc3C(=O)N3CCN(C4CC4)c4ccccc43)cc12. The smallest absolute Gasteiger partial charge is 0.309 e. The first-order chi connectivity index (χ1) is 25.1. The van der Waals surface area contributed by atoms with Crippen LogP contribution in [0, 0.1) is 12.3 Å². The number of hydrogen-bond donors (Lipinski definition) is 1. The van der Waals surface area contributed by atoms with Gasteiger partial charge in [-0.25, -0.2) is 0 Å². The van der Waals surface area contributed by atoms with Gasteiger partial charge in [0.25, 0.3) is 5.91 Å². The predicted octanol–water partition coefficient (Wildman–Crippen LogP) is 8.37. The van der Waals surface area contributed by atoms with Crippen LogP contribution in [0.25, 0.3) is 17.0 Å². The Morgan fingerprint density at radius 1 is 1.06 bits per heavy atom. The van der Waals surface area contributed by atoms with Crippen molar-refractivity contribution in [3.63, 3.8) is 0 Å². The molecule has 53 heavy (non-hydrogen) atoms. The van der Waals surface area contributed by atoms with Crippen LogP contribution in [0.1, 0.15) is 75.1 Å². The van der Waals surface area contributed by atoms with Crippen LogP contribution in [0.15, 0.2) is 65.4 Å². The summed E-state index contributed by atoms with van der Waals surface area (Å²) < 4.78 is 18.4. The third-order valence-electron chi connectivity index (χ3n) is 10.1. The lowest BCUT2D eigenvalue weighted by Crippen LogP contribution is -2.45. The number of hydrogen-bond acceptors (Lipinski definition) is 8. The van der Waals surface area contributed by atoms with E-state index in [1.807, 2.05) is 39.0 Å². The highest BCUT2D eigenvalue weighted by atomic mass is 35.5. The molecule has 2 aromatic carbocycles. The Labute approximate surface area is 315 Å². The molecule has 280 valence electrons. The zero-order valence-electron chi connectivity index (χ0n) is 31.1. The summed E-state index contributed by atoms with van der Waals surface area (Å²) in [5.74, 6) is -0.0826. The zero-order valence-corrected chi connectivity index (χ0v) is 31.9. The lowest BCUT2D eigenvalue weighted by Gasteiger charge is -2.38. The maximum atomic E-state index is 14.1. The van der Waals surface area contributed by atoms with Gasteiger partial charge in [-0.3, -0.25) is 19.4 Å². The van der Waals surface area contributed by atoms with E-state index in [1.165, 1.54) is 25.1 Å². The number of furan rings is 1. The maximum absolute atomic E-state index is 14.1. The van der Waals surface area contributed by atoms with Crippen LogP contribution in [0.3, 0.4) is 0 Å². The molecule has 6 rings (SSSR count). The van der Waals surface area contributed by atoms with Gasteiger partial charge in [-0.05, 0) is 90.6 Å². The average Bonchev–Trinajstić information content (AvgIpc) is 3.93. The number of pyridine rings is 1. The van der Waals surface area contributed by atoms with Crippen molar-refractivity contribution in [1.29, 1.82) is 0 Å². The highest BCUT2D eigenvalue weighted by molar-refractivity contribution is 6.32. The number of para-hydroxylation sites is 2. The van der Waals surface area contributed by atoms with Crippen LogP contribution in [-0.2, 0) is 14.3 Å². The molecular formula is C41H47ClN4O7. The molecule has 2 aromatic heterocycles. The number of nitrogens with zero attached hydrogens (tertiary/aromatic N) is 4. The second kappa shape index (κ2) is 15.2. The third kappa shape index (κ3) is 8.52. The summed E-state index contributed by atoms with van der Waals surface area (Å²) in [4.78, 5) is 48.5. The van der Waals surface area contributed by atoms with Gasteiger partial charge in [0.15, 0.2) is 0 Å². The molecule has 0 atom stereocenters. The van der Waals surface area contributed by atoms with Crippen molar-refractivity contribution in [2.45, 2.75) is 71.9 Å². The summed E-state index contributed by atoms with van der Waals surface area (Å²) in [5, 5.41) is 10.4. The van der Waals surface area contributed by atoms with Gasteiger partial charge in [-0.2, -0.15) is 0 Å². The molecule has 2 aliphatic rings. The van der Waals surface area contributed by atoms with Gasteiger partial charge < -0.3 is 33.7 Å². The summed E-state index contributed by atoms with van der Waals surface area (Å²) in [6, 6.07) is 13.6. The summed E-state index contributed by atoms with van der Waals surface area (Å²) in [5.41, 5.74) is 2.17. The van der Waals surface area contributed by atoms with Gasteiger partial charge in [0.2, 0.25) is 5.91 Å². The number of anilines is 2. The van der Waals surface area contributed by atoms with Crippen LogP contribution < -0.4 is 14.5 Å². The van der Waals surface area contributed by atoms with Crippen LogP contribution in [0.2, 0.25) is 5.02 Å². The summed E-state index contributed by atoms with van der Waals surface area (Å²) in [6.45, 7) is 11.2. The molecule has 0 unspecified atom stereocenters. The Kier molecular flexibility index (Phi) is 10.9. The van der Waals surface area contributed by atoms with E-state index in [2.05, 4.69) is 16.0 Å². The fourth-order valence-corrected chi connectivity index (χ4v) is 6.51. The average molecular weight is 743 g/mol. The Morgan fingerprint density at radius 2 is 1.79 bits per heavy atom. The molecule has 3 heterocycles. The molecule has 0 radical (unpaired) electrons. The quantitative estimate of drug-likeness (QED) is 0.127. The number of aromatic nitrogens is 1. The number of halogens is 1. The lowest BCUT2D eigenvalue weighted by atomic mass is 9.90. The van der Waals surface area contributed by atoms with E-state index in [0.29, 0.717) is 72.0 Å². The molecule has 0 bridgehead atoms. The molecule has 0 saturated heterocycles. The van der Waals surface area contributed by atoms with Crippen molar-refractivity contribution >= 4 is 57.8 Å². The van der Waals surface area contributed by atoms with E-state index in [4.69, 9.17) is 25.5 Å². The second-order valence-electron chi connectivity index (χ2n) is 15.1. The fourth-order valence-electron chi connectivity index (χ4n) is 6.32. The van der Waals surface area contributed by atoms with E-state index in [-0.39, 0.29) is 11.8 Å². The van der Waals surface area contributed by atoms with Gasteiger partial charge >= 0.3 is 5.97 Å². The Morgan fingerprint density at radius 3 is 2.51 bits per heavy atom. The number of fused-ring (bicyclic) bond motifs is 2. The normalized spacial score (nSPS) is 14.8. The first kappa shape index (κ1) is 37.9. The fraction of sp³-hybridized carbons (Fsp3) is 0.415. The Hall–Kier alpha value is -4.87. The molecule has 0 spiro atoms. The highest BCUT2D eigenvalue weighted by Gasteiger charge is 2.36.